The normalized spacial score (nSPS) is 10.2. The summed E-state index contributed by atoms with van der Waals surface area (Å²) in [4.78, 5) is 11.9. The lowest BCUT2D eigenvalue weighted by Gasteiger charge is -2.08. The molecule has 0 aliphatic heterocycles. The predicted octanol–water partition coefficient (Wildman–Crippen LogP) is 2.71. The van der Waals surface area contributed by atoms with Crippen LogP contribution in [0.3, 0.4) is 0 Å². The Hall–Kier alpha value is -2.40. The van der Waals surface area contributed by atoms with E-state index in [-0.39, 0.29) is 27.8 Å². The summed E-state index contributed by atoms with van der Waals surface area (Å²) >= 11 is 5.71. The van der Waals surface area contributed by atoms with Crippen LogP contribution in [0.2, 0.25) is 5.02 Å². The minimum atomic E-state index is -0.602. The zero-order valence-electron chi connectivity index (χ0n) is 9.59. The predicted molar refractivity (Wildman–Crippen MR) is 70.8 cm³/mol. The van der Waals surface area contributed by atoms with Gasteiger partial charge in [0.2, 0.25) is 0 Å². The minimum Gasteiger partial charge on any atom is -0.508 e. The highest BCUT2D eigenvalue weighted by atomic mass is 35.5. The molecule has 0 saturated carbocycles. The Balaban J connectivity index is 2.25. The van der Waals surface area contributed by atoms with Gasteiger partial charge in [0.1, 0.15) is 17.2 Å². The van der Waals surface area contributed by atoms with E-state index >= 15 is 0 Å². The molecule has 98 valence electrons. The van der Waals surface area contributed by atoms with Gasteiger partial charge in [-0.25, -0.2) is 0 Å². The lowest BCUT2D eigenvalue weighted by molar-refractivity contribution is 0.102. The third-order valence-corrected chi connectivity index (χ3v) is 2.73. The molecule has 2 aromatic carbocycles. The van der Waals surface area contributed by atoms with Crippen LogP contribution in [0.4, 0.5) is 5.69 Å². The van der Waals surface area contributed by atoms with Crippen LogP contribution < -0.4 is 5.32 Å². The first kappa shape index (κ1) is 13.0. The third kappa shape index (κ3) is 2.89. The van der Waals surface area contributed by atoms with Crippen molar-refractivity contribution >= 4 is 23.2 Å². The highest BCUT2D eigenvalue weighted by molar-refractivity contribution is 6.32. The fraction of sp³-hybridized carbons (Fsp3) is 0. The van der Waals surface area contributed by atoms with Crippen molar-refractivity contribution in [3.05, 3.63) is 47.0 Å². The number of rotatable bonds is 2. The number of anilines is 1. The molecule has 6 heteroatoms. The topological polar surface area (TPSA) is 89.8 Å². The first-order valence-electron chi connectivity index (χ1n) is 5.29. The molecule has 0 unspecified atom stereocenters. The molecule has 1 amide bonds. The molecule has 2 rings (SSSR count). The number of phenolic OH excluding ortho intramolecular Hbond substituents is 3. The number of halogens is 1. The molecule has 2 aromatic rings. The summed E-state index contributed by atoms with van der Waals surface area (Å²) in [5.41, 5.74) is 0.291. The van der Waals surface area contributed by atoms with Crippen LogP contribution in [0.25, 0.3) is 0 Å². The van der Waals surface area contributed by atoms with E-state index in [0.29, 0.717) is 5.69 Å². The number of carbonyl (C=O) groups excluding carboxylic acids is 1. The molecule has 4 N–H and O–H groups in total. The van der Waals surface area contributed by atoms with Crippen molar-refractivity contribution in [3.8, 4) is 17.2 Å². The molecule has 0 fully saturated rings. The molecule has 0 atom stereocenters. The van der Waals surface area contributed by atoms with Gasteiger partial charge in [-0.3, -0.25) is 4.79 Å². The van der Waals surface area contributed by atoms with Crippen molar-refractivity contribution in [2.24, 2.45) is 0 Å². The van der Waals surface area contributed by atoms with Crippen molar-refractivity contribution in [1.82, 2.24) is 0 Å². The standard InChI is InChI=1S/C13H10ClNO4/c14-10-5-7(1-3-12(10)18)15-13(19)9-6-8(16)2-4-11(9)17/h1-6,16-18H,(H,15,19). The van der Waals surface area contributed by atoms with E-state index in [2.05, 4.69) is 5.32 Å². The fourth-order valence-corrected chi connectivity index (χ4v) is 1.67. The third-order valence-electron chi connectivity index (χ3n) is 2.43. The summed E-state index contributed by atoms with van der Waals surface area (Å²) in [6.45, 7) is 0. The van der Waals surface area contributed by atoms with Crippen LogP contribution in [0.5, 0.6) is 17.2 Å². The first-order chi connectivity index (χ1) is 8.97. The van der Waals surface area contributed by atoms with E-state index in [1.54, 1.807) is 0 Å². The monoisotopic (exact) mass is 279 g/mol. The number of hydrogen-bond acceptors (Lipinski definition) is 4. The molecule has 0 radical (unpaired) electrons. The largest absolute Gasteiger partial charge is 0.508 e. The van der Waals surface area contributed by atoms with E-state index in [1.165, 1.54) is 30.3 Å². The SMILES string of the molecule is O=C(Nc1ccc(O)c(Cl)c1)c1cc(O)ccc1O. The number of phenols is 3. The second-order valence-corrected chi connectivity index (χ2v) is 4.23. The van der Waals surface area contributed by atoms with Crippen molar-refractivity contribution in [2.75, 3.05) is 5.32 Å². The maximum absolute atomic E-state index is 11.9. The van der Waals surface area contributed by atoms with E-state index in [9.17, 15) is 20.1 Å². The van der Waals surface area contributed by atoms with Crippen LogP contribution in [-0.4, -0.2) is 21.2 Å². The van der Waals surface area contributed by atoms with E-state index < -0.39 is 5.91 Å². The molecule has 19 heavy (non-hydrogen) atoms. The minimum absolute atomic E-state index is 0.0656. The maximum atomic E-state index is 11.9. The van der Waals surface area contributed by atoms with E-state index in [1.807, 2.05) is 0 Å². The average molecular weight is 280 g/mol. The zero-order valence-corrected chi connectivity index (χ0v) is 10.3. The lowest BCUT2D eigenvalue weighted by atomic mass is 10.1. The highest BCUT2D eigenvalue weighted by Gasteiger charge is 2.12. The van der Waals surface area contributed by atoms with E-state index in [0.717, 1.165) is 6.07 Å². The van der Waals surface area contributed by atoms with Gasteiger partial charge in [0.05, 0.1) is 10.6 Å². The fourth-order valence-electron chi connectivity index (χ4n) is 1.49. The summed E-state index contributed by atoms with van der Waals surface area (Å²) in [6.07, 6.45) is 0. The van der Waals surface area contributed by atoms with Crippen molar-refractivity contribution in [1.29, 1.82) is 0 Å². The maximum Gasteiger partial charge on any atom is 0.259 e. The summed E-state index contributed by atoms with van der Waals surface area (Å²) < 4.78 is 0. The van der Waals surface area contributed by atoms with Gasteiger partial charge in [0.25, 0.3) is 5.91 Å². The second kappa shape index (κ2) is 5.07. The van der Waals surface area contributed by atoms with Gasteiger partial charge in [-0.2, -0.15) is 0 Å². The van der Waals surface area contributed by atoms with Crippen molar-refractivity contribution in [3.63, 3.8) is 0 Å². The number of amides is 1. The molecular weight excluding hydrogens is 270 g/mol. The Morgan fingerprint density at radius 3 is 2.37 bits per heavy atom. The van der Waals surface area contributed by atoms with Gasteiger partial charge in [0.15, 0.2) is 0 Å². The van der Waals surface area contributed by atoms with Crippen LogP contribution in [0.1, 0.15) is 10.4 Å². The molecular formula is C13H10ClNO4. The zero-order chi connectivity index (χ0) is 14.0. The van der Waals surface area contributed by atoms with Gasteiger partial charge in [-0.1, -0.05) is 11.6 Å². The Labute approximate surface area is 113 Å². The number of hydrogen-bond donors (Lipinski definition) is 4. The molecule has 0 aliphatic rings. The van der Waals surface area contributed by atoms with Crippen molar-refractivity contribution in [2.45, 2.75) is 0 Å². The number of benzene rings is 2. The summed E-state index contributed by atoms with van der Waals surface area (Å²) in [7, 11) is 0. The Kier molecular flexibility index (Phi) is 3.48. The first-order valence-corrected chi connectivity index (χ1v) is 5.67. The molecule has 5 nitrogen and oxygen atoms in total. The molecule has 0 aliphatic carbocycles. The molecule has 0 saturated heterocycles. The highest BCUT2D eigenvalue weighted by Crippen LogP contribution is 2.27. The van der Waals surface area contributed by atoms with E-state index in [4.69, 9.17) is 11.6 Å². The smallest absolute Gasteiger partial charge is 0.259 e. The number of carbonyl (C=O) groups is 1. The summed E-state index contributed by atoms with van der Waals surface area (Å²) in [6, 6.07) is 7.79. The Morgan fingerprint density at radius 1 is 1.00 bits per heavy atom. The lowest BCUT2D eigenvalue weighted by Crippen LogP contribution is -2.11. The summed E-state index contributed by atoms with van der Waals surface area (Å²) in [5.74, 6) is -1.08. The van der Waals surface area contributed by atoms with Gasteiger partial charge in [-0.05, 0) is 36.4 Å². The van der Waals surface area contributed by atoms with Gasteiger partial charge < -0.3 is 20.6 Å². The van der Waals surface area contributed by atoms with Gasteiger partial charge in [0, 0.05) is 5.69 Å². The molecule has 0 bridgehead atoms. The Bertz CT molecular complexity index is 643. The quantitative estimate of drug-likeness (QED) is 0.636. The molecule has 0 spiro atoms. The van der Waals surface area contributed by atoms with Crippen LogP contribution in [-0.2, 0) is 0 Å². The van der Waals surface area contributed by atoms with Crippen LogP contribution in [0.15, 0.2) is 36.4 Å². The second-order valence-electron chi connectivity index (χ2n) is 3.82. The summed E-state index contributed by atoms with van der Waals surface area (Å²) in [5, 5.41) is 30.7. The van der Waals surface area contributed by atoms with Crippen LogP contribution in [0, 0.1) is 0 Å². The van der Waals surface area contributed by atoms with Gasteiger partial charge in [-0.15, -0.1) is 0 Å². The number of aromatic hydroxyl groups is 3. The Morgan fingerprint density at radius 2 is 1.68 bits per heavy atom. The average Bonchev–Trinajstić information content (AvgIpc) is 2.36. The van der Waals surface area contributed by atoms with Gasteiger partial charge >= 0.3 is 0 Å². The van der Waals surface area contributed by atoms with Crippen LogP contribution >= 0.6 is 11.6 Å². The molecule has 0 heterocycles. The molecule has 0 aromatic heterocycles. The number of nitrogens with one attached hydrogen (secondary N) is 1. The van der Waals surface area contributed by atoms with Crippen molar-refractivity contribution < 1.29 is 20.1 Å².